The van der Waals surface area contributed by atoms with Crippen molar-refractivity contribution in [3.05, 3.63) is 23.9 Å². The van der Waals surface area contributed by atoms with Gasteiger partial charge in [0.1, 0.15) is 5.82 Å². The van der Waals surface area contributed by atoms with E-state index in [1.165, 1.54) is 38.9 Å². The van der Waals surface area contributed by atoms with Crippen LogP contribution in [0.2, 0.25) is 0 Å². The smallest absolute Gasteiger partial charge is 0.168 e. The molecule has 0 unspecified atom stereocenters. The molecule has 25 heavy (non-hydrogen) atoms. The second kappa shape index (κ2) is 7.60. The molecule has 5 heteroatoms. The second-order valence-corrected chi connectivity index (χ2v) is 8.01. The fraction of sp³-hybridized carbons (Fsp3) is 0.750. The third-order valence-corrected chi connectivity index (χ3v) is 6.03. The molecule has 1 N–H and O–H groups in total. The number of aromatic nitrogens is 1. The van der Waals surface area contributed by atoms with Gasteiger partial charge in [0.05, 0.1) is 13.2 Å². The van der Waals surface area contributed by atoms with Crippen LogP contribution in [0.5, 0.6) is 0 Å². The van der Waals surface area contributed by atoms with Gasteiger partial charge >= 0.3 is 0 Å². The predicted octanol–water partition coefficient (Wildman–Crippen LogP) is 3.06. The van der Waals surface area contributed by atoms with E-state index in [1.54, 1.807) is 0 Å². The van der Waals surface area contributed by atoms with Crippen LogP contribution in [0.15, 0.2) is 18.2 Å². The number of likely N-dealkylation sites (tertiary alicyclic amines) is 1. The third kappa shape index (κ3) is 4.33. The molecule has 3 heterocycles. The van der Waals surface area contributed by atoms with Crippen LogP contribution in [-0.2, 0) is 9.47 Å². The Morgan fingerprint density at radius 1 is 1.16 bits per heavy atom. The standard InChI is InChI=1S/C20H31N3O2/c1-16-3-2-4-19(22-16)21-13-18-7-10-23(15-18)14-17-5-8-20(9-6-17)24-11-12-25-20/h2-4,17-18H,5-15H2,1H3,(H,21,22)/t18-/m0/s1. The number of pyridine rings is 1. The lowest BCUT2D eigenvalue weighted by Gasteiger charge is -2.36. The zero-order valence-electron chi connectivity index (χ0n) is 15.4. The minimum Gasteiger partial charge on any atom is -0.370 e. The summed E-state index contributed by atoms with van der Waals surface area (Å²) < 4.78 is 11.7. The number of nitrogens with one attached hydrogen (secondary N) is 1. The number of rotatable bonds is 5. The van der Waals surface area contributed by atoms with Crippen molar-refractivity contribution in [2.24, 2.45) is 11.8 Å². The number of aryl methyl sites for hydroxylation is 1. The Bertz CT molecular complexity index is 564. The topological polar surface area (TPSA) is 46.6 Å². The molecular weight excluding hydrogens is 314 g/mol. The maximum Gasteiger partial charge on any atom is 0.168 e. The van der Waals surface area contributed by atoms with Gasteiger partial charge in [0.2, 0.25) is 0 Å². The highest BCUT2D eigenvalue weighted by molar-refractivity contribution is 5.35. The quantitative estimate of drug-likeness (QED) is 0.889. The Kier molecular flexibility index (Phi) is 5.25. The van der Waals surface area contributed by atoms with Crippen LogP contribution in [0.1, 0.15) is 37.8 Å². The predicted molar refractivity (Wildman–Crippen MR) is 98.6 cm³/mol. The average Bonchev–Trinajstić information content (AvgIpc) is 3.25. The van der Waals surface area contributed by atoms with Gasteiger partial charge in [-0.05, 0) is 56.7 Å². The Hall–Kier alpha value is -1.17. The molecule has 0 bridgehead atoms. The fourth-order valence-corrected chi connectivity index (χ4v) is 4.59. The van der Waals surface area contributed by atoms with E-state index in [2.05, 4.69) is 27.3 Å². The molecule has 0 amide bonds. The molecule has 3 aliphatic rings. The molecule has 1 atom stereocenters. The molecule has 1 aliphatic carbocycles. The summed E-state index contributed by atoms with van der Waals surface area (Å²) in [5, 5.41) is 3.51. The van der Waals surface area contributed by atoms with Crippen LogP contribution in [0.4, 0.5) is 5.82 Å². The molecule has 1 saturated carbocycles. The molecule has 2 aliphatic heterocycles. The van der Waals surface area contributed by atoms with Crippen LogP contribution < -0.4 is 5.32 Å². The lowest BCUT2D eigenvalue weighted by molar-refractivity contribution is -0.183. The van der Waals surface area contributed by atoms with Gasteiger partial charge in [0.25, 0.3) is 0 Å². The SMILES string of the molecule is Cc1cccc(NC[C@@H]2CCN(CC3CCC4(CC3)OCCO4)C2)n1. The van der Waals surface area contributed by atoms with Gasteiger partial charge in [-0.25, -0.2) is 4.98 Å². The van der Waals surface area contributed by atoms with Crippen LogP contribution in [0.3, 0.4) is 0 Å². The molecule has 138 valence electrons. The zero-order valence-corrected chi connectivity index (χ0v) is 15.4. The van der Waals surface area contributed by atoms with E-state index in [-0.39, 0.29) is 5.79 Å². The average molecular weight is 345 g/mol. The first-order valence-electron chi connectivity index (χ1n) is 9.89. The number of hydrogen-bond acceptors (Lipinski definition) is 5. The van der Waals surface area contributed by atoms with Crippen LogP contribution in [0.25, 0.3) is 0 Å². The Morgan fingerprint density at radius 2 is 1.96 bits per heavy atom. The molecule has 4 rings (SSSR count). The van der Waals surface area contributed by atoms with Crippen molar-refractivity contribution in [3.63, 3.8) is 0 Å². The van der Waals surface area contributed by atoms with Crippen molar-refractivity contribution in [3.8, 4) is 0 Å². The molecule has 5 nitrogen and oxygen atoms in total. The summed E-state index contributed by atoms with van der Waals surface area (Å²) in [6.07, 6.45) is 5.94. The molecule has 1 spiro atoms. The van der Waals surface area contributed by atoms with Crippen molar-refractivity contribution in [2.45, 2.75) is 44.8 Å². The van der Waals surface area contributed by atoms with Crippen molar-refractivity contribution >= 4 is 5.82 Å². The van der Waals surface area contributed by atoms with E-state index in [1.807, 2.05) is 13.0 Å². The van der Waals surface area contributed by atoms with Crippen molar-refractivity contribution in [1.82, 2.24) is 9.88 Å². The van der Waals surface area contributed by atoms with Gasteiger partial charge in [0.15, 0.2) is 5.79 Å². The summed E-state index contributed by atoms with van der Waals surface area (Å²) in [6, 6.07) is 6.17. The third-order valence-electron chi connectivity index (χ3n) is 6.03. The molecule has 3 fully saturated rings. The fourth-order valence-electron chi connectivity index (χ4n) is 4.59. The first-order valence-corrected chi connectivity index (χ1v) is 9.89. The van der Waals surface area contributed by atoms with E-state index >= 15 is 0 Å². The zero-order chi connectivity index (χ0) is 17.1. The molecule has 0 aromatic carbocycles. The van der Waals surface area contributed by atoms with Gasteiger partial charge < -0.3 is 19.7 Å². The Labute approximate surface area is 151 Å². The Balaban J connectivity index is 1.18. The normalized spacial score (nSPS) is 27.2. The minimum atomic E-state index is -0.214. The van der Waals surface area contributed by atoms with Gasteiger partial charge in [-0.1, -0.05) is 6.07 Å². The monoisotopic (exact) mass is 345 g/mol. The Morgan fingerprint density at radius 3 is 2.72 bits per heavy atom. The van der Waals surface area contributed by atoms with E-state index in [0.29, 0.717) is 0 Å². The van der Waals surface area contributed by atoms with Crippen LogP contribution >= 0.6 is 0 Å². The summed E-state index contributed by atoms with van der Waals surface area (Å²) in [7, 11) is 0. The lowest BCUT2D eigenvalue weighted by Crippen LogP contribution is -2.38. The van der Waals surface area contributed by atoms with Gasteiger partial charge in [-0.3, -0.25) is 0 Å². The number of nitrogens with zero attached hydrogens (tertiary/aromatic N) is 2. The first-order chi connectivity index (χ1) is 12.2. The van der Waals surface area contributed by atoms with Crippen molar-refractivity contribution in [2.75, 3.05) is 44.7 Å². The highest BCUT2D eigenvalue weighted by Crippen LogP contribution is 2.38. The molecule has 1 aromatic heterocycles. The number of ether oxygens (including phenoxy) is 2. The first kappa shape index (κ1) is 17.3. The maximum absolute atomic E-state index is 5.85. The molecular formula is C20H31N3O2. The van der Waals surface area contributed by atoms with Crippen LogP contribution in [0, 0.1) is 18.8 Å². The second-order valence-electron chi connectivity index (χ2n) is 8.01. The highest BCUT2D eigenvalue weighted by atomic mass is 16.7. The summed E-state index contributed by atoms with van der Waals surface area (Å²) in [5.41, 5.74) is 1.07. The molecule has 2 saturated heterocycles. The van der Waals surface area contributed by atoms with E-state index < -0.39 is 0 Å². The summed E-state index contributed by atoms with van der Waals surface area (Å²) in [4.78, 5) is 7.19. The van der Waals surface area contributed by atoms with Gasteiger partial charge in [-0.15, -0.1) is 0 Å². The number of anilines is 1. The lowest BCUT2D eigenvalue weighted by atomic mass is 9.85. The van der Waals surface area contributed by atoms with Gasteiger partial charge in [0, 0.05) is 38.2 Å². The molecule has 0 radical (unpaired) electrons. The highest BCUT2D eigenvalue weighted by Gasteiger charge is 2.40. The minimum absolute atomic E-state index is 0.214. The summed E-state index contributed by atoms with van der Waals surface area (Å²) in [6.45, 7) is 8.33. The number of hydrogen-bond donors (Lipinski definition) is 1. The summed E-state index contributed by atoms with van der Waals surface area (Å²) >= 11 is 0. The largest absolute Gasteiger partial charge is 0.370 e. The van der Waals surface area contributed by atoms with E-state index in [0.717, 1.165) is 55.9 Å². The van der Waals surface area contributed by atoms with E-state index in [9.17, 15) is 0 Å². The summed E-state index contributed by atoms with van der Waals surface area (Å²) in [5.74, 6) is 2.34. The van der Waals surface area contributed by atoms with Gasteiger partial charge in [-0.2, -0.15) is 0 Å². The van der Waals surface area contributed by atoms with Crippen molar-refractivity contribution in [1.29, 1.82) is 0 Å². The van der Waals surface area contributed by atoms with Crippen molar-refractivity contribution < 1.29 is 9.47 Å². The maximum atomic E-state index is 5.85. The van der Waals surface area contributed by atoms with E-state index in [4.69, 9.17) is 9.47 Å². The molecule has 1 aromatic rings. The van der Waals surface area contributed by atoms with Crippen LogP contribution in [-0.4, -0.2) is 55.1 Å².